The average Bonchev–Trinajstić information content (AvgIpc) is 3.16. The maximum atomic E-state index is 12.8. The quantitative estimate of drug-likeness (QED) is 0.640. The third kappa shape index (κ3) is 3.90. The number of nitro groups is 1. The smallest absolute Gasteiger partial charge is 0.375 e. The zero-order valence-corrected chi connectivity index (χ0v) is 13.1. The molecule has 1 N–H and O–H groups in total. The lowest BCUT2D eigenvalue weighted by Gasteiger charge is -2.26. The summed E-state index contributed by atoms with van der Waals surface area (Å²) in [5.41, 5.74) is -2.37. The van der Waals surface area contributed by atoms with Gasteiger partial charge in [-0.3, -0.25) is 19.8 Å². The Kier molecular flexibility index (Phi) is 4.65. The van der Waals surface area contributed by atoms with Crippen molar-refractivity contribution in [2.75, 3.05) is 26.2 Å². The number of hydrogen-bond donors (Lipinski definition) is 1. The Balaban J connectivity index is 1.64. The van der Waals surface area contributed by atoms with Gasteiger partial charge in [0.15, 0.2) is 0 Å². The number of non-ortho nitro benzene ring substituents is 1. The lowest BCUT2D eigenvalue weighted by atomic mass is 10.1. The highest BCUT2D eigenvalue weighted by atomic mass is 19.4. The Labute approximate surface area is 140 Å². The van der Waals surface area contributed by atoms with Gasteiger partial charge in [-0.15, -0.1) is 0 Å². The normalized spacial score (nSPS) is 23.0. The topological polar surface area (TPSA) is 84.7 Å². The number of amides is 1. The molecule has 7 nitrogen and oxygen atoms in total. The van der Waals surface area contributed by atoms with Gasteiger partial charge in [0.05, 0.1) is 23.2 Å². The molecule has 2 aliphatic rings. The molecule has 2 saturated heterocycles. The fourth-order valence-electron chi connectivity index (χ4n) is 3.18. The molecular formula is C15H16F3N3O4. The maximum Gasteiger partial charge on any atom is 0.416 e. The third-order valence-electron chi connectivity index (χ3n) is 4.42. The van der Waals surface area contributed by atoms with Gasteiger partial charge in [0, 0.05) is 43.4 Å². The molecule has 0 spiro atoms. The highest BCUT2D eigenvalue weighted by molar-refractivity contribution is 5.95. The van der Waals surface area contributed by atoms with Crippen LogP contribution in [0.5, 0.6) is 0 Å². The van der Waals surface area contributed by atoms with E-state index in [0.717, 1.165) is 19.0 Å². The largest absolute Gasteiger partial charge is 0.416 e. The Morgan fingerprint density at radius 2 is 2.16 bits per heavy atom. The van der Waals surface area contributed by atoms with E-state index in [4.69, 9.17) is 4.74 Å². The SMILES string of the molecule is O=C(NCCN1C[C@@H]2C[C@H]1CO2)c1cc([N+](=O)[O-])cc(C(F)(F)F)c1. The number of rotatable bonds is 5. The minimum Gasteiger partial charge on any atom is -0.375 e. The summed E-state index contributed by atoms with van der Waals surface area (Å²) in [6, 6.07) is 2.19. The number of hydrogen-bond acceptors (Lipinski definition) is 5. The highest BCUT2D eigenvalue weighted by Crippen LogP contribution is 2.32. The van der Waals surface area contributed by atoms with Crippen LogP contribution in [0.1, 0.15) is 22.3 Å². The van der Waals surface area contributed by atoms with Gasteiger partial charge in [-0.05, 0) is 12.5 Å². The van der Waals surface area contributed by atoms with Gasteiger partial charge in [0.2, 0.25) is 0 Å². The molecule has 0 radical (unpaired) electrons. The molecule has 0 aliphatic carbocycles. The molecule has 2 heterocycles. The van der Waals surface area contributed by atoms with Crippen molar-refractivity contribution in [3.8, 4) is 0 Å². The van der Waals surface area contributed by atoms with Gasteiger partial charge < -0.3 is 10.1 Å². The number of morpholine rings is 1. The average molecular weight is 359 g/mol. The van der Waals surface area contributed by atoms with Crippen LogP contribution in [0.15, 0.2) is 18.2 Å². The van der Waals surface area contributed by atoms with E-state index in [1.165, 1.54) is 0 Å². The molecule has 0 saturated carbocycles. The van der Waals surface area contributed by atoms with Crippen LogP contribution in [0.4, 0.5) is 18.9 Å². The van der Waals surface area contributed by atoms with E-state index < -0.39 is 28.3 Å². The summed E-state index contributed by atoms with van der Waals surface area (Å²) in [6.07, 6.45) is -3.60. The van der Waals surface area contributed by atoms with Crippen molar-refractivity contribution >= 4 is 11.6 Å². The van der Waals surface area contributed by atoms with Crippen molar-refractivity contribution in [2.24, 2.45) is 0 Å². The van der Waals surface area contributed by atoms with Crippen LogP contribution in [0.3, 0.4) is 0 Å². The zero-order valence-electron chi connectivity index (χ0n) is 13.1. The van der Waals surface area contributed by atoms with Crippen molar-refractivity contribution in [1.29, 1.82) is 0 Å². The molecule has 1 aromatic rings. The first kappa shape index (κ1) is 17.6. The summed E-state index contributed by atoms with van der Waals surface area (Å²) in [7, 11) is 0. The fourth-order valence-corrected chi connectivity index (χ4v) is 3.18. The van der Waals surface area contributed by atoms with Gasteiger partial charge in [0.1, 0.15) is 0 Å². The fraction of sp³-hybridized carbons (Fsp3) is 0.533. The van der Waals surface area contributed by atoms with E-state index in [9.17, 15) is 28.1 Å². The number of ether oxygens (including phenoxy) is 1. The number of likely N-dealkylation sites (tertiary alicyclic amines) is 1. The summed E-state index contributed by atoms with van der Waals surface area (Å²) < 4.78 is 44.0. The minimum atomic E-state index is -4.77. The Morgan fingerprint density at radius 1 is 1.40 bits per heavy atom. The maximum absolute atomic E-state index is 12.8. The van der Waals surface area contributed by atoms with Crippen LogP contribution in [0.25, 0.3) is 0 Å². The number of fused-ring (bicyclic) bond motifs is 2. The summed E-state index contributed by atoms with van der Waals surface area (Å²) in [4.78, 5) is 24.1. The first-order valence-electron chi connectivity index (χ1n) is 7.74. The number of nitrogens with zero attached hydrogens (tertiary/aromatic N) is 2. The highest BCUT2D eigenvalue weighted by Gasteiger charge is 2.38. The molecular weight excluding hydrogens is 343 g/mol. The molecule has 2 fully saturated rings. The van der Waals surface area contributed by atoms with Crippen LogP contribution < -0.4 is 5.32 Å². The third-order valence-corrected chi connectivity index (χ3v) is 4.42. The minimum absolute atomic E-state index is 0.215. The molecule has 1 aromatic carbocycles. The van der Waals surface area contributed by atoms with Crippen LogP contribution in [-0.4, -0.2) is 54.1 Å². The van der Waals surface area contributed by atoms with Crippen LogP contribution in [0, 0.1) is 10.1 Å². The Morgan fingerprint density at radius 3 is 2.72 bits per heavy atom. The van der Waals surface area contributed by atoms with Crippen molar-refractivity contribution < 1.29 is 27.6 Å². The number of nitro benzene ring substituents is 1. The second-order valence-corrected chi connectivity index (χ2v) is 6.12. The molecule has 10 heteroatoms. The summed E-state index contributed by atoms with van der Waals surface area (Å²) >= 11 is 0. The lowest BCUT2D eigenvalue weighted by molar-refractivity contribution is -0.385. The van der Waals surface area contributed by atoms with Gasteiger partial charge in [-0.1, -0.05) is 0 Å². The van der Waals surface area contributed by atoms with E-state index in [0.29, 0.717) is 31.3 Å². The Hall–Kier alpha value is -2.20. The van der Waals surface area contributed by atoms with E-state index in [-0.39, 0.29) is 18.2 Å². The summed E-state index contributed by atoms with van der Waals surface area (Å²) in [5, 5.41) is 13.3. The van der Waals surface area contributed by atoms with E-state index >= 15 is 0 Å². The number of nitrogens with one attached hydrogen (secondary N) is 1. The van der Waals surface area contributed by atoms with Crippen molar-refractivity contribution in [2.45, 2.75) is 24.7 Å². The number of halogens is 3. The molecule has 25 heavy (non-hydrogen) atoms. The molecule has 136 valence electrons. The van der Waals surface area contributed by atoms with Gasteiger partial charge >= 0.3 is 6.18 Å². The van der Waals surface area contributed by atoms with E-state index in [2.05, 4.69) is 10.2 Å². The predicted octanol–water partition coefficient (Wildman–Crippen LogP) is 1.82. The molecule has 0 aromatic heterocycles. The number of alkyl halides is 3. The van der Waals surface area contributed by atoms with E-state index in [1.807, 2.05) is 0 Å². The second kappa shape index (κ2) is 6.60. The Bertz CT molecular complexity index is 695. The van der Waals surface area contributed by atoms with Crippen LogP contribution in [-0.2, 0) is 10.9 Å². The number of carbonyl (C=O) groups is 1. The van der Waals surface area contributed by atoms with E-state index in [1.54, 1.807) is 0 Å². The molecule has 3 rings (SSSR count). The molecule has 1 amide bonds. The second-order valence-electron chi connectivity index (χ2n) is 6.12. The van der Waals surface area contributed by atoms with Crippen LogP contribution >= 0.6 is 0 Å². The van der Waals surface area contributed by atoms with Crippen molar-refractivity contribution in [3.63, 3.8) is 0 Å². The van der Waals surface area contributed by atoms with Gasteiger partial charge in [-0.2, -0.15) is 13.2 Å². The van der Waals surface area contributed by atoms with Crippen LogP contribution in [0.2, 0.25) is 0 Å². The molecule has 2 aliphatic heterocycles. The zero-order chi connectivity index (χ0) is 18.2. The van der Waals surface area contributed by atoms with Gasteiger partial charge in [-0.25, -0.2) is 0 Å². The standard InChI is InChI=1S/C15H16F3N3O4/c16-15(17,18)10-3-9(4-11(5-10)21(23)24)14(22)19-1-2-20-7-13-6-12(20)8-25-13/h3-5,12-13H,1-2,6-8H2,(H,19,22)/t12-,13-/m0/s1. The number of carbonyl (C=O) groups excluding carboxylic acids is 1. The summed E-state index contributed by atoms with van der Waals surface area (Å²) in [5.74, 6) is -0.769. The molecule has 0 unspecified atom stereocenters. The number of benzene rings is 1. The van der Waals surface area contributed by atoms with Crippen molar-refractivity contribution in [3.05, 3.63) is 39.4 Å². The first-order valence-corrected chi connectivity index (χ1v) is 7.74. The van der Waals surface area contributed by atoms with Crippen molar-refractivity contribution in [1.82, 2.24) is 10.2 Å². The van der Waals surface area contributed by atoms with Gasteiger partial charge in [0.25, 0.3) is 11.6 Å². The monoisotopic (exact) mass is 359 g/mol. The lowest BCUT2D eigenvalue weighted by Crippen LogP contribution is -2.42. The summed E-state index contributed by atoms with van der Waals surface area (Å²) in [6.45, 7) is 2.22. The molecule has 2 atom stereocenters. The first-order chi connectivity index (χ1) is 11.7. The predicted molar refractivity (Wildman–Crippen MR) is 80.1 cm³/mol. The molecule has 2 bridgehead atoms.